The Balaban J connectivity index is 2.07. The van der Waals surface area contributed by atoms with Crippen LogP contribution in [0.5, 0.6) is 0 Å². The van der Waals surface area contributed by atoms with Gasteiger partial charge in [0.15, 0.2) is 0 Å². The molecule has 0 bridgehead atoms. The van der Waals surface area contributed by atoms with E-state index in [1.54, 1.807) is 0 Å². The lowest BCUT2D eigenvalue weighted by atomic mass is 9.93. The number of hydrogen-bond donors (Lipinski definition) is 2. The summed E-state index contributed by atoms with van der Waals surface area (Å²) < 4.78 is 0. The molecule has 2 aliphatic rings. The highest BCUT2D eigenvalue weighted by Gasteiger charge is 2.51. The number of hydrogen-bond acceptors (Lipinski definition) is 2. The molecule has 0 aromatic carbocycles. The molecule has 0 saturated heterocycles. The Hall–Kier alpha value is -0.0800. The van der Waals surface area contributed by atoms with Crippen molar-refractivity contribution in [2.45, 2.75) is 37.7 Å². The minimum absolute atomic E-state index is 0.466. The molecule has 64 valence electrons. The SMILES string of the molecule is NCC1(O)CCCCC2CC21. The molecule has 0 radical (unpaired) electrons. The lowest BCUT2D eigenvalue weighted by Gasteiger charge is -2.25. The van der Waals surface area contributed by atoms with E-state index in [0.29, 0.717) is 12.5 Å². The smallest absolute Gasteiger partial charge is 0.0800 e. The maximum Gasteiger partial charge on any atom is 0.0800 e. The van der Waals surface area contributed by atoms with Gasteiger partial charge in [-0.1, -0.05) is 19.3 Å². The lowest BCUT2D eigenvalue weighted by molar-refractivity contribution is 0.0158. The van der Waals surface area contributed by atoms with Crippen LogP contribution in [0.15, 0.2) is 0 Å². The molecule has 2 fully saturated rings. The lowest BCUT2D eigenvalue weighted by Crippen LogP contribution is -2.40. The first-order valence-electron chi connectivity index (χ1n) is 4.69. The van der Waals surface area contributed by atoms with Crippen LogP contribution >= 0.6 is 0 Å². The van der Waals surface area contributed by atoms with Crippen molar-refractivity contribution in [3.05, 3.63) is 0 Å². The first-order chi connectivity index (χ1) is 5.26. The molecule has 3 unspecified atom stereocenters. The molecule has 0 heterocycles. The van der Waals surface area contributed by atoms with Gasteiger partial charge in [-0.05, 0) is 24.7 Å². The van der Waals surface area contributed by atoms with E-state index in [9.17, 15) is 5.11 Å². The molecule has 2 heteroatoms. The summed E-state index contributed by atoms with van der Waals surface area (Å²) in [6, 6.07) is 0. The van der Waals surface area contributed by atoms with Gasteiger partial charge in [-0.25, -0.2) is 0 Å². The van der Waals surface area contributed by atoms with Gasteiger partial charge in [0.05, 0.1) is 5.60 Å². The summed E-state index contributed by atoms with van der Waals surface area (Å²) in [7, 11) is 0. The second-order valence-electron chi connectivity index (χ2n) is 4.16. The molecule has 2 aliphatic carbocycles. The van der Waals surface area contributed by atoms with Crippen LogP contribution in [0.2, 0.25) is 0 Å². The van der Waals surface area contributed by atoms with Crippen molar-refractivity contribution in [1.29, 1.82) is 0 Å². The predicted molar refractivity (Wildman–Crippen MR) is 44.1 cm³/mol. The summed E-state index contributed by atoms with van der Waals surface area (Å²) in [5, 5.41) is 10.0. The van der Waals surface area contributed by atoms with Gasteiger partial charge in [0.2, 0.25) is 0 Å². The predicted octanol–water partition coefficient (Wildman–Crippen LogP) is 0.886. The summed E-state index contributed by atoms with van der Waals surface area (Å²) in [6.07, 6.45) is 5.95. The van der Waals surface area contributed by atoms with Crippen LogP contribution in [0, 0.1) is 11.8 Å². The molecule has 2 rings (SSSR count). The van der Waals surface area contributed by atoms with Crippen LogP contribution in [0.3, 0.4) is 0 Å². The number of nitrogens with two attached hydrogens (primary N) is 1. The molecule has 11 heavy (non-hydrogen) atoms. The van der Waals surface area contributed by atoms with Crippen molar-refractivity contribution in [2.24, 2.45) is 17.6 Å². The average Bonchev–Trinajstić information content (AvgIpc) is 2.75. The zero-order valence-electron chi connectivity index (χ0n) is 6.92. The standard InChI is InChI=1S/C9H17NO/c10-6-9(11)4-2-1-3-7-5-8(7)9/h7-8,11H,1-6,10H2. The minimum Gasteiger partial charge on any atom is -0.388 e. The van der Waals surface area contributed by atoms with Gasteiger partial charge in [-0.2, -0.15) is 0 Å². The fourth-order valence-electron chi connectivity index (χ4n) is 2.50. The average molecular weight is 155 g/mol. The quantitative estimate of drug-likeness (QED) is 0.590. The van der Waals surface area contributed by atoms with Gasteiger partial charge in [0, 0.05) is 6.54 Å². The summed E-state index contributed by atoms with van der Waals surface area (Å²) in [6.45, 7) is 0.466. The minimum atomic E-state index is -0.485. The Morgan fingerprint density at radius 3 is 3.00 bits per heavy atom. The van der Waals surface area contributed by atoms with Crippen LogP contribution in [0.1, 0.15) is 32.1 Å². The van der Waals surface area contributed by atoms with Crippen molar-refractivity contribution in [1.82, 2.24) is 0 Å². The molecular weight excluding hydrogens is 138 g/mol. The fraction of sp³-hybridized carbons (Fsp3) is 1.00. The van der Waals surface area contributed by atoms with Crippen LogP contribution in [0.4, 0.5) is 0 Å². The molecule has 3 N–H and O–H groups in total. The zero-order chi connectivity index (χ0) is 7.90. The van der Waals surface area contributed by atoms with Crippen LogP contribution in [0.25, 0.3) is 0 Å². The van der Waals surface area contributed by atoms with Crippen LogP contribution in [-0.4, -0.2) is 17.3 Å². The van der Waals surface area contributed by atoms with E-state index < -0.39 is 5.60 Å². The van der Waals surface area contributed by atoms with Crippen molar-refractivity contribution >= 4 is 0 Å². The summed E-state index contributed by atoms with van der Waals surface area (Å²) in [5.74, 6) is 1.36. The molecule has 0 aliphatic heterocycles. The van der Waals surface area contributed by atoms with Gasteiger partial charge < -0.3 is 10.8 Å². The van der Waals surface area contributed by atoms with Crippen molar-refractivity contribution in [2.75, 3.05) is 6.54 Å². The highest BCUT2D eigenvalue weighted by atomic mass is 16.3. The van der Waals surface area contributed by atoms with Crippen molar-refractivity contribution < 1.29 is 5.11 Å². The van der Waals surface area contributed by atoms with Gasteiger partial charge in [0.25, 0.3) is 0 Å². The maximum absolute atomic E-state index is 10.0. The maximum atomic E-state index is 10.0. The number of fused-ring (bicyclic) bond motifs is 1. The van der Waals surface area contributed by atoms with Gasteiger partial charge in [-0.3, -0.25) is 0 Å². The molecule has 0 amide bonds. The molecular formula is C9H17NO. The third-order valence-corrected chi connectivity index (χ3v) is 3.40. The molecule has 2 nitrogen and oxygen atoms in total. The number of rotatable bonds is 1. The fourth-order valence-corrected chi connectivity index (χ4v) is 2.50. The van der Waals surface area contributed by atoms with E-state index in [1.807, 2.05) is 0 Å². The normalized spacial score (nSPS) is 49.6. The third kappa shape index (κ3) is 1.18. The van der Waals surface area contributed by atoms with Crippen molar-refractivity contribution in [3.8, 4) is 0 Å². The zero-order valence-corrected chi connectivity index (χ0v) is 6.92. The largest absolute Gasteiger partial charge is 0.388 e. The first kappa shape index (κ1) is 7.56. The van der Waals surface area contributed by atoms with Crippen molar-refractivity contribution in [3.63, 3.8) is 0 Å². The Kier molecular flexibility index (Phi) is 1.69. The first-order valence-corrected chi connectivity index (χ1v) is 4.69. The second kappa shape index (κ2) is 2.46. The van der Waals surface area contributed by atoms with E-state index in [1.165, 1.54) is 25.7 Å². The molecule has 2 saturated carbocycles. The van der Waals surface area contributed by atoms with Gasteiger partial charge in [-0.15, -0.1) is 0 Å². The van der Waals surface area contributed by atoms with E-state index >= 15 is 0 Å². The summed E-state index contributed by atoms with van der Waals surface area (Å²) >= 11 is 0. The third-order valence-electron chi connectivity index (χ3n) is 3.40. The Labute approximate surface area is 67.8 Å². The highest BCUT2D eigenvalue weighted by Crippen LogP contribution is 2.52. The second-order valence-corrected chi connectivity index (χ2v) is 4.16. The molecule has 0 aromatic rings. The molecule has 0 aromatic heterocycles. The molecule has 3 atom stereocenters. The molecule has 0 spiro atoms. The van der Waals surface area contributed by atoms with Crippen LogP contribution in [-0.2, 0) is 0 Å². The monoisotopic (exact) mass is 155 g/mol. The van der Waals surface area contributed by atoms with Gasteiger partial charge >= 0.3 is 0 Å². The number of aliphatic hydroxyl groups is 1. The van der Waals surface area contributed by atoms with Gasteiger partial charge in [0.1, 0.15) is 0 Å². The Bertz CT molecular complexity index is 160. The van der Waals surface area contributed by atoms with E-state index in [2.05, 4.69) is 0 Å². The van der Waals surface area contributed by atoms with Crippen LogP contribution < -0.4 is 5.73 Å². The Morgan fingerprint density at radius 2 is 2.27 bits per heavy atom. The van der Waals surface area contributed by atoms with E-state index in [4.69, 9.17) is 5.73 Å². The summed E-state index contributed by atoms with van der Waals surface area (Å²) in [4.78, 5) is 0. The summed E-state index contributed by atoms with van der Waals surface area (Å²) in [5.41, 5.74) is 5.09. The van der Waals surface area contributed by atoms with E-state index in [0.717, 1.165) is 12.3 Å². The van der Waals surface area contributed by atoms with E-state index in [-0.39, 0.29) is 0 Å². The highest BCUT2D eigenvalue weighted by molar-refractivity contribution is 5.03. The topological polar surface area (TPSA) is 46.2 Å². The Morgan fingerprint density at radius 1 is 1.45 bits per heavy atom.